The van der Waals surface area contributed by atoms with Crippen LogP contribution in [0.3, 0.4) is 0 Å². The van der Waals surface area contributed by atoms with Gasteiger partial charge in [0.05, 0.1) is 5.52 Å². The van der Waals surface area contributed by atoms with Gasteiger partial charge in [-0.15, -0.1) is 5.10 Å². The van der Waals surface area contributed by atoms with E-state index in [0.29, 0.717) is 12.5 Å². The van der Waals surface area contributed by atoms with Gasteiger partial charge in [0.25, 0.3) is 0 Å². The molecule has 34 heavy (non-hydrogen) atoms. The molecule has 1 aliphatic rings. The maximum atomic E-state index is 13.9. The molecule has 3 aromatic rings. The summed E-state index contributed by atoms with van der Waals surface area (Å²) in [5.74, 6) is 0.275. The molecule has 0 spiro atoms. The first-order valence-electron chi connectivity index (χ1n) is 12.5. The minimum atomic E-state index is -0.668. The first-order chi connectivity index (χ1) is 16.5. The molecule has 0 radical (unpaired) electrons. The smallest absolute Gasteiger partial charge is 0.247 e. The highest BCUT2D eigenvalue weighted by molar-refractivity contribution is 5.89. The van der Waals surface area contributed by atoms with E-state index in [1.165, 1.54) is 6.42 Å². The Morgan fingerprint density at radius 2 is 1.74 bits per heavy atom. The van der Waals surface area contributed by atoms with Gasteiger partial charge in [0, 0.05) is 12.6 Å². The van der Waals surface area contributed by atoms with E-state index in [2.05, 4.69) is 29.5 Å². The minimum absolute atomic E-state index is 0.0251. The number of amides is 2. The Balaban J connectivity index is 1.66. The van der Waals surface area contributed by atoms with Crippen LogP contribution in [0.1, 0.15) is 64.0 Å². The van der Waals surface area contributed by atoms with Crippen molar-refractivity contribution >= 4 is 22.8 Å². The van der Waals surface area contributed by atoms with Crippen LogP contribution in [-0.4, -0.2) is 44.3 Å². The van der Waals surface area contributed by atoms with Crippen molar-refractivity contribution in [2.45, 2.75) is 71.0 Å². The van der Waals surface area contributed by atoms with Gasteiger partial charge in [0.2, 0.25) is 11.8 Å². The van der Waals surface area contributed by atoms with Gasteiger partial charge in [-0.25, -0.2) is 4.68 Å². The number of fused-ring (bicyclic) bond motifs is 1. The third-order valence-corrected chi connectivity index (χ3v) is 6.62. The summed E-state index contributed by atoms with van der Waals surface area (Å²) in [5.41, 5.74) is 2.41. The van der Waals surface area contributed by atoms with Crippen LogP contribution >= 0.6 is 0 Å². The second-order valence-electron chi connectivity index (χ2n) is 9.62. The van der Waals surface area contributed by atoms with E-state index in [9.17, 15) is 9.59 Å². The van der Waals surface area contributed by atoms with Crippen LogP contribution in [0.15, 0.2) is 54.6 Å². The molecule has 1 heterocycles. The maximum Gasteiger partial charge on any atom is 0.247 e. The molecule has 2 amide bonds. The Kier molecular flexibility index (Phi) is 7.93. The molecule has 2 aromatic carbocycles. The molecule has 7 heteroatoms. The van der Waals surface area contributed by atoms with Gasteiger partial charge in [-0.1, -0.05) is 80.8 Å². The molecular formula is C27H35N5O2. The maximum absolute atomic E-state index is 13.9. The molecule has 1 fully saturated rings. The zero-order valence-electron chi connectivity index (χ0n) is 20.2. The summed E-state index contributed by atoms with van der Waals surface area (Å²) >= 11 is 0. The van der Waals surface area contributed by atoms with Crippen LogP contribution in [-0.2, 0) is 16.1 Å². The fraction of sp³-hybridized carbons (Fsp3) is 0.481. The summed E-state index contributed by atoms with van der Waals surface area (Å²) in [4.78, 5) is 29.3. The monoisotopic (exact) mass is 461 g/mol. The highest BCUT2D eigenvalue weighted by Gasteiger charge is 2.37. The molecule has 180 valence electrons. The normalized spacial score (nSPS) is 15.4. The van der Waals surface area contributed by atoms with Crippen molar-refractivity contribution < 1.29 is 9.59 Å². The number of para-hydroxylation sites is 1. The lowest BCUT2D eigenvalue weighted by Gasteiger charge is -2.39. The van der Waals surface area contributed by atoms with E-state index in [1.807, 2.05) is 59.5 Å². The van der Waals surface area contributed by atoms with Crippen molar-refractivity contribution in [2.24, 2.45) is 5.92 Å². The number of hydrogen-bond acceptors (Lipinski definition) is 4. The summed E-state index contributed by atoms with van der Waals surface area (Å²) in [5, 5.41) is 11.5. The zero-order chi connectivity index (χ0) is 23.9. The van der Waals surface area contributed by atoms with Gasteiger partial charge in [-0.3, -0.25) is 9.59 Å². The van der Waals surface area contributed by atoms with Crippen LogP contribution in [0.4, 0.5) is 0 Å². The number of aromatic nitrogens is 3. The SMILES string of the molecule is CC(C)CCNC(=O)C(c1ccccc1)N(C(=O)Cn1nnc2ccccc21)C1CCCCC1. The van der Waals surface area contributed by atoms with Crippen LogP contribution in [0.25, 0.3) is 11.0 Å². The lowest BCUT2D eigenvalue weighted by atomic mass is 9.91. The fourth-order valence-corrected chi connectivity index (χ4v) is 4.82. The Labute approximate surface area is 201 Å². The molecule has 0 bridgehead atoms. The van der Waals surface area contributed by atoms with E-state index in [1.54, 1.807) is 4.68 Å². The van der Waals surface area contributed by atoms with Gasteiger partial charge in [0.1, 0.15) is 18.1 Å². The second kappa shape index (κ2) is 11.3. The number of benzene rings is 2. The quantitative estimate of drug-likeness (QED) is 0.509. The lowest BCUT2D eigenvalue weighted by Crippen LogP contribution is -2.50. The Bertz CT molecular complexity index is 1090. The Morgan fingerprint density at radius 1 is 1.03 bits per heavy atom. The summed E-state index contributed by atoms with van der Waals surface area (Å²) in [6.45, 7) is 4.93. The highest BCUT2D eigenvalue weighted by Crippen LogP contribution is 2.31. The molecular weight excluding hydrogens is 426 g/mol. The van der Waals surface area contributed by atoms with Gasteiger partial charge < -0.3 is 10.2 Å². The van der Waals surface area contributed by atoms with Crippen molar-refractivity contribution in [3.8, 4) is 0 Å². The molecule has 1 saturated carbocycles. The Hall–Kier alpha value is -3.22. The van der Waals surface area contributed by atoms with Crippen LogP contribution in [0.2, 0.25) is 0 Å². The van der Waals surface area contributed by atoms with Crippen molar-refractivity contribution in [1.82, 2.24) is 25.2 Å². The predicted octanol–water partition coefficient (Wildman–Crippen LogP) is 4.50. The first-order valence-corrected chi connectivity index (χ1v) is 12.5. The first kappa shape index (κ1) is 23.9. The zero-order valence-corrected chi connectivity index (χ0v) is 20.2. The number of carbonyl (C=O) groups excluding carboxylic acids is 2. The number of hydrogen-bond donors (Lipinski definition) is 1. The topological polar surface area (TPSA) is 80.1 Å². The summed E-state index contributed by atoms with van der Waals surface area (Å²) in [7, 11) is 0. The van der Waals surface area contributed by atoms with Gasteiger partial charge in [-0.05, 0) is 42.9 Å². The number of nitrogens with zero attached hydrogens (tertiary/aromatic N) is 4. The average Bonchev–Trinajstić information content (AvgIpc) is 3.26. The largest absolute Gasteiger partial charge is 0.354 e. The molecule has 0 aliphatic heterocycles. The van der Waals surface area contributed by atoms with E-state index >= 15 is 0 Å². The minimum Gasteiger partial charge on any atom is -0.354 e. The van der Waals surface area contributed by atoms with E-state index < -0.39 is 6.04 Å². The van der Waals surface area contributed by atoms with Crippen molar-refractivity contribution in [3.05, 3.63) is 60.2 Å². The standard InChI is InChI=1S/C27H35N5O2/c1-20(2)17-18-28-27(34)26(21-11-5-3-6-12-21)32(22-13-7-4-8-14-22)25(33)19-31-24-16-10-9-15-23(24)29-30-31/h3,5-6,9-12,15-16,20,22,26H,4,7-8,13-14,17-19H2,1-2H3,(H,28,34). The molecule has 1 unspecified atom stereocenters. The lowest BCUT2D eigenvalue weighted by molar-refractivity contribution is -0.145. The molecule has 1 N–H and O–H groups in total. The van der Waals surface area contributed by atoms with Crippen molar-refractivity contribution in [2.75, 3.05) is 6.54 Å². The molecule has 7 nitrogen and oxygen atoms in total. The summed E-state index contributed by atoms with van der Waals surface area (Å²) in [6.07, 6.45) is 6.02. The van der Waals surface area contributed by atoms with E-state index in [0.717, 1.165) is 48.7 Å². The van der Waals surface area contributed by atoms with Crippen molar-refractivity contribution in [3.63, 3.8) is 0 Å². The van der Waals surface area contributed by atoms with Gasteiger partial charge in [0.15, 0.2) is 0 Å². The highest BCUT2D eigenvalue weighted by atomic mass is 16.2. The number of carbonyl (C=O) groups is 2. The predicted molar refractivity (Wildman–Crippen MR) is 133 cm³/mol. The van der Waals surface area contributed by atoms with Crippen LogP contribution in [0.5, 0.6) is 0 Å². The number of nitrogens with one attached hydrogen (secondary N) is 1. The number of rotatable bonds is 9. The molecule has 0 saturated heterocycles. The van der Waals surface area contributed by atoms with E-state index in [4.69, 9.17) is 0 Å². The van der Waals surface area contributed by atoms with Gasteiger partial charge >= 0.3 is 0 Å². The van der Waals surface area contributed by atoms with Gasteiger partial charge in [-0.2, -0.15) is 0 Å². The molecule has 4 rings (SSSR count). The average molecular weight is 462 g/mol. The van der Waals surface area contributed by atoms with Crippen molar-refractivity contribution in [1.29, 1.82) is 0 Å². The molecule has 1 atom stereocenters. The fourth-order valence-electron chi connectivity index (χ4n) is 4.82. The van der Waals surface area contributed by atoms with E-state index in [-0.39, 0.29) is 24.4 Å². The second-order valence-corrected chi connectivity index (χ2v) is 9.62. The molecule has 1 aromatic heterocycles. The van der Waals surface area contributed by atoms with Crippen LogP contribution in [0, 0.1) is 5.92 Å². The summed E-state index contributed by atoms with van der Waals surface area (Å²) < 4.78 is 1.65. The third-order valence-electron chi connectivity index (χ3n) is 6.62. The summed E-state index contributed by atoms with van der Waals surface area (Å²) in [6, 6.07) is 16.7. The van der Waals surface area contributed by atoms with Crippen LogP contribution < -0.4 is 5.32 Å². The Morgan fingerprint density at radius 3 is 2.47 bits per heavy atom. The molecule has 1 aliphatic carbocycles. The third kappa shape index (κ3) is 5.64.